The molecule has 5 nitrogen and oxygen atoms in total. The Morgan fingerprint density at radius 2 is 0.864 bits per heavy atom. The number of hydrogen-bond donors (Lipinski definition) is 2. The van der Waals surface area contributed by atoms with Gasteiger partial charge in [-0.2, -0.15) is 26.3 Å². The Hall–Kier alpha value is -4.89. The fourth-order valence-corrected chi connectivity index (χ4v) is 7.13. The fourth-order valence-electron chi connectivity index (χ4n) is 4.50. The maximum atomic E-state index is 14.8. The van der Waals surface area contributed by atoms with Crippen LogP contribution in [0.15, 0.2) is 115 Å². The van der Waals surface area contributed by atoms with E-state index in [0.717, 1.165) is 24.3 Å². The average molecular weight is 629 g/mol. The van der Waals surface area contributed by atoms with E-state index in [1.54, 1.807) is 30.3 Å². The number of hydrogen-bond acceptors (Lipinski definition) is 5. The van der Waals surface area contributed by atoms with Crippen LogP contribution in [0.4, 0.5) is 37.7 Å². The first-order valence-electron chi connectivity index (χ1n) is 12.9. The number of benzene rings is 5. The molecule has 44 heavy (non-hydrogen) atoms. The van der Waals surface area contributed by atoms with Gasteiger partial charge in [-0.05, 0) is 84.9 Å². The predicted octanol–water partition coefficient (Wildman–Crippen LogP) is 8.11. The van der Waals surface area contributed by atoms with Crippen LogP contribution in [0.25, 0.3) is 0 Å². The second kappa shape index (κ2) is 11.7. The van der Waals surface area contributed by atoms with Crippen molar-refractivity contribution in [3.05, 3.63) is 126 Å². The molecule has 0 radical (unpaired) electrons. The minimum Gasteiger partial charge on any atom is -0.457 e. The van der Waals surface area contributed by atoms with Crippen LogP contribution < -0.4 is 36.9 Å². The molecule has 5 aromatic rings. The molecule has 5 aromatic carbocycles. The van der Waals surface area contributed by atoms with Crippen LogP contribution in [0.3, 0.4) is 0 Å². The highest BCUT2D eigenvalue weighted by Gasteiger charge is 2.36. The predicted molar refractivity (Wildman–Crippen MR) is 158 cm³/mol. The molecular weight excluding hydrogens is 605 g/mol. The lowest BCUT2D eigenvalue weighted by molar-refractivity contribution is -0.139. The Labute approximate surface area is 248 Å². The van der Waals surface area contributed by atoms with Crippen molar-refractivity contribution < 1.29 is 40.4 Å². The quantitative estimate of drug-likeness (QED) is 0.108. The Balaban J connectivity index is 1.48. The number of nitrogens with two attached hydrogens (primary N) is 2. The summed E-state index contributed by atoms with van der Waals surface area (Å²) in [6.45, 7) is 0. The maximum Gasteiger partial charge on any atom is 0.420 e. The minimum atomic E-state index is -4.70. The summed E-state index contributed by atoms with van der Waals surface area (Å²) in [5, 5.41) is 1.14. The molecule has 4 N–H and O–H groups in total. The molecule has 0 heterocycles. The van der Waals surface area contributed by atoms with E-state index in [1.165, 1.54) is 60.7 Å². The summed E-state index contributed by atoms with van der Waals surface area (Å²) in [5.74, 6) is -0.764. The third-order valence-electron chi connectivity index (χ3n) is 6.59. The van der Waals surface area contributed by atoms with Gasteiger partial charge in [-0.25, -0.2) is 0 Å². The first-order chi connectivity index (χ1) is 20.7. The van der Waals surface area contributed by atoms with Gasteiger partial charge in [0.2, 0.25) is 0 Å². The molecule has 0 fully saturated rings. The third-order valence-corrected chi connectivity index (χ3v) is 9.67. The summed E-state index contributed by atoms with van der Waals surface area (Å²) in [7, 11) is -3.57. The van der Waals surface area contributed by atoms with E-state index in [2.05, 4.69) is 0 Å². The Morgan fingerprint density at radius 3 is 1.23 bits per heavy atom. The van der Waals surface area contributed by atoms with Crippen molar-refractivity contribution in [1.82, 2.24) is 0 Å². The van der Waals surface area contributed by atoms with Gasteiger partial charge in [0.1, 0.15) is 34.1 Å². The van der Waals surface area contributed by atoms with Gasteiger partial charge in [0.15, 0.2) is 7.14 Å². The second-order valence-corrected chi connectivity index (χ2v) is 12.4. The van der Waals surface area contributed by atoms with Gasteiger partial charge in [-0.3, -0.25) is 0 Å². The molecule has 0 aliphatic rings. The second-order valence-electron chi connectivity index (χ2n) is 9.64. The first kappa shape index (κ1) is 30.6. The lowest BCUT2D eigenvalue weighted by Gasteiger charge is -2.21. The molecule has 0 unspecified atom stereocenters. The van der Waals surface area contributed by atoms with Crippen LogP contribution in [-0.4, -0.2) is 0 Å². The standard InChI is InChI=1S/C32H23F6N2O3P/c33-31(34,35)27-18-20(39)6-16-29(27)42-22-8-12-25(13-9-22)44(41,24-4-2-1-3-5-24)26-14-10-23(11-15-26)43-30-17-7-21(40)19-28(30)32(36,37)38/h1-19H,39-40H2. The van der Waals surface area contributed by atoms with Crippen LogP contribution in [0.2, 0.25) is 0 Å². The zero-order chi connectivity index (χ0) is 31.7. The van der Waals surface area contributed by atoms with Gasteiger partial charge in [0.05, 0.1) is 0 Å². The topological polar surface area (TPSA) is 87.6 Å². The Kier molecular flexibility index (Phi) is 8.09. The zero-order valence-corrected chi connectivity index (χ0v) is 23.5. The molecule has 0 aliphatic heterocycles. The highest BCUT2D eigenvalue weighted by Crippen LogP contribution is 2.45. The number of ether oxygens (including phenoxy) is 2. The van der Waals surface area contributed by atoms with Crippen molar-refractivity contribution in [2.45, 2.75) is 12.4 Å². The van der Waals surface area contributed by atoms with Crippen LogP contribution in [0.5, 0.6) is 23.0 Å². The molecule has 226 valence electrons. The molecule has 0 saturated heterocycles. The van der Waals surface area contributed by atoms with Crippen molar-refractivity contribution in [2.24, 2.45) is 0 Å². The van der Waals surface area contributed by atoms with E-state index in [1.807, 2.05) is 0 Å². The van der Waals surface area contributed by atoms with Crippen LogP contribution >= 0.6 is 7.14 Å². The lowest BCUT2D eigenvalue weighted by Crippen LogP contribution is -2.24. The van der Waals surface area contributed by atoms with Crippen LogP contribution in [0.1, 0.15) is 11.1 Å². The monoisotopic (exact) mass is 628 g/mol. The van der Waals surface area contributed by atoms with Crippen molar-refractivity contribution in [1.29, 1.82) is 0 Å². The fraction of sp³-hybridized carbons (Fsp3) is 0.0625. The number of alkyl halides is 6. The van der Waals surface area contributed by atoms with E-state index in [0.29, 0.717) is 15.9 Å². The Morgan fingerprint density at radius 1 is 0.500 bits per heavy atom. The molecule has 12 heteroatoms. The molecule has 0 spiro atoms. The number of halogens is 6. The maximum absolute atomic E-state index is 14.8. The Bertz CT molecular complexity index is 1710. The van der Waals surface area contributed by atoms with E-state index < -0.39 is 42.1 Å². The molecule has 0 bridgehead atoms. The molecule has 0 atom stereocenters. The van der Waals surface area contributed by atoms with Crippen molar-refractivity contribution >= 4 is 34.4 Å². The summed E-state index contributed by atoms with van der Waals surface area (Å²) >= 11 is 0. The first-order valence-corrected chi connectivity index (χ1v) is 14.6. The summed E-state index contributed by atoms with van der Waals surface area (Å²) in [6, 6.07) is 26.4. The summed E-state index contributed by atoms with van der Waals surface area (Å²) in [5.41, 5.74) is 8.83. The molecule has 5 rings (SSSR count). The lowest BCUT2D eigenvalue weighted by atomic mass is 10.1. The van der Waals surface area contributed by atoms with E-state index in [-0.39, 0.29) is 22.9 Å². The zero-order valence-electron chi connectivity index (χ0n) is 22.6. The van der Waals surface area contributed by atoms with Gasteiger partial charge >= 0.3 is 12.4 Å². The van der Waals surface area contributed by atoms with Gasteiger partial charge < -0.3 is 25.5 Å². The highest BCUT2D eigenvalue weighted by atomic mass is 31.2. The average Bonchev–Trinajstić information content (AvgIpc) is 2.99. The van der Waals surface area contributed by atoms with Gasteiger partial charge in [0, 0.05) is 27.3 Å². The number of anilines is 2. The largest absolute Gasteiger partial charge is 0.457 e. The van der Waals surface area contributed by atoms with Crippen LogP contribution in [0, 0.1) is 0 Å². The molecule has 0 aromatic heterocycles. The van der Waals surface area contributed by atoms with Gasteiger partial charge in [0.25, 0.3) is 0 Å². The van der Waals surface area contributed by atoms with Crippen molar-refractivity contribution in [2.75, 3.05) is 11.5 Å². The molecule has 0 saturated carbocycles. The number of rotatable bonds is 7. The number of nitrogen functional groups attached to an aromatic ring is 2. The van der Waals surface area contributed by atoms with E-state index in [4.69, 9.17) is 20.9 Å². The highest BCUT2D eigenvalue weighted by molar-refractivity contribution is 7.85. The summed E-state index contributed by atoms with van der Waals surface area (Å²) < 4.78 is 107. The van der Waals surface area contributed by atoms with Crippen molar-refractivity contribution in [3.8, 4) is 23.0 Å². The third kappa shape index (κ3) is 6.38. The van der Waals surface area contributed by atoms with Crippen molar-refractivity contribution in [3.63, 3.8) is 0 Å². The summed E-state index contributed by atoms with van der Waals surface area (Å²) in [6.07, 6.45) is -9.41. The molecule has 0 amide bonds. The van der Waals surface area contributed by atoms with E-state index >= 15 is 0 Å². The summed E-state index contributed by atoms with van der Waals surface area (Å²) in [4.78, 5) is 0. The van der Waals surface area contributed by atoms with Gasteiger partial charge in [-0.1, -0.05) is 30.3 Å². The van der Waals surface area contributed by atoms with Crippen LogP contribution in [-0.2, 0) is 16.9 Å². The van der Waals surface area contributed by atoms with E-state index in [9.17, 15) is 30.9 Å². The minimum absolute atomic E-state index is 0.0661. The smallest absolute Gasteiger partial charge is 0.420 e. The molecule has 0 aliphatic carbocycles. The van der Waals surface area contributed by atoms with Gasteiger partial charge in [-0.15, -0.1) is 0 Å². The SMILES string of the molecule is Nc1ccc(Oc2ccc(P(=O)(c3ccccc3)c3ccc(Oc4ccc(N)cc4C(F)(F)F)cc3)cc2)c(C(F)(F)F)c1. The normalized spacial score (nSPS) is 12.1. The molecular formula is C32H23F6N2O3P.